The molecule has 5 heterocycles. The van der Waals surface area contributed by atoms with Crippen LogP contribution in [0.4, 0.5) is 0 Å². The molecule has 0 spiro atoms. The zero-order chi connectivity index (χ0) is 38.3. The van der Waals surface area contributed by atoms with Crippen molar-refractivity contribution in [2.45, 2.75) is 19.4 Å². The largest absolute Gasteiger partial charge is 0.453 e. The predicted molar refractivity (Wildman–Crippen MR) is 238 cm³/mol. The molecule has 6 nitrogen and oxygen atoms in total. The number of rotatable bonds is 3. The Morgan fingerprint density at radius 3 is 1.28 bits per heavy atom. The number of para-hydroxylation sites is 6. The van der Waals surface area contributed by atoms with Crippen LogP contribution in [-0.4, -0.2) is 23.3 Å². The monoisotopic (exact) mass is 745 g/mol. The number of nitrogens with zero attached hydrogens (tertiary/aromatic N) is 5. The second-order valence-corrected chi connectivity index (χ2v) is 16.0. The first kappa shape index (κ1) is 31.6. The number of benzene rings is 8. The highest BCUT2D eigenvalue weighted by atomic mass is 16.5. The van der Waals surface area contributed by atoms with Crippen molar-refractivity contribution in [1.82, 2.24) is 23.3 Å². The van der Waals surface area contributed by atoms with Crippen molar-refractivity contribution in [1.29, 1.82) is 0 Å². The molecule has 8 aromatic carbocycles. The number of aromatic nitrogens is 5. The molecule has 0 atom stereocenters. The summed E-state index contributed by atoms with van der Waals surface area (Å²) < 4.78 is 16.1. The van der Waals surface area contributed by atoms with E-state index in [1.54, 1.807) is 0 Å². The molecule has 1 aliphatic rings. The molecule has 0 amide bonds. The van der Waals surface area contributed by atoms with Crippen LogP contribution >= 0.6 is 0 Å². The maximum absolute atomic E-state index is 6.67. The zero-order valence-electron chi connectivity index (χ0n) is 31.9. The summed E-state index contributed by atoms with van der Waals surface area (Å²) in [5, 5.41) is 7.38. The Bertz CT molecular complexity index is 3430. The standard InChI is InChI=1S/C52H35N5O/c1-52(2)41-31-34(25-28-49(41)57-50-22-12-7-17-42(50)53-51(57)58-52)56-47-26-23-32(54-43-18-8-3-13-35(43)36-14-4-9-19-44(36)54)29-39(47)40-30-33(24-27-48(40)56)55-45-20-10-5-15-37(45)38-16-6-11-21-46(38)55/h3-31H,1-2H3. The maximum atomic E-state index is 6.67. The van der Waals surface area contributed by atoms with Gasteiger partial charge in [-0.3, -0.25) is 4.57 Å². The first-order chi connectivity index (χ1) is 28.5. The van der Waals surface area contributed by atoms with Crippen LogP contribution in [0.1, 0.15) is 19.4 Å². The molecule has 13 rings (SSSR count). The van der Waals surface area contributed by atoms with Gasteiger partial charge in [-0.25, -0.2) is 0 Å². The van der Waals surface area contributed by atoms with Gasteiger partial charge >= 0.3 is 6.01 Å². The molecule has 274 valence electrons. The number of fused-ring (bicyclic) bond motifs is 14. The SMILES string of the molecule is CC1(C)Oc2nc3ccccc3n2-c2ccc(-n3c4ccc(-n5c6ccccc6c6ccccc65)cc4c4cc(-n5c6ccccc6c6ccccc65)ccc43)cc21. The van der Waals surface area contributed by atoms with Crippen molar-refractivity contribution in [2.24, 2.45) is 0 Å². The van der Waals surface area contributed by atoms with Crippen molar-refractivity contribution in [3.05, 3.63) is 181 Å². The summed E-state index contributed by atoms with van der Waals surface area (Å²) >= 11 is 0. The van der Waals surface area contributed by atoms with Crippen molar-refractivity contribution in [3.63, 3.8) is 0 Å². The molecule has 0 saturated heterocycles. The summed E-state index contributed by atoms with van der Waals surface area (Å²) in [6, 6.07) is 64.5. The van der Waals surface area contributed by atoms with Crippen LogP contribution in [0.15, 0.2) is 176 Å². The minimum absolute atomic E-state index is 0.602. The van der Waals surface area contributed by atoms with E-state index < -0.39 is 5.60 Å². The Kier molecular flexibility index (Phi) is 6.14. The van der Waals surface area contributed by atoms with Gasteiger partial charge < -0.3 is 18.4 Å². The molecular weight excluding hydrogens is 711 g/mol. The maximum Gasteiger partial charge on any atom is 0.303 e. The summed E-state index contributed by atoms with van der Waals surface area (Å²) in [5.41, 5.74) is 14.0. The summed E-state index contributed by atoms with van der Waals surface area (Å²) in [7, 11) is 0. The van der Waals surface area contributed by atoms with Gasteiger partial charge in [-0.05, 0) is 105 Å². The van der Waals surface area contributed by atoms with Crippen molar-refractivity contribution in [2.75, 3.05) is 0 Å². The average Bonchev–Trinajstić information content (AvgIpc) is 3.99. The predicted octanol–water partition coefficient (Wildman–Crippen LogP) is 12.9. The van der Waals surface area contributed by atoms with Gasteiger partial charge in [0.1, 0.15) is 5.60 Å². The van der Waals surface area contributed by atoms with E-state index in [9.17, 15) is 0 Å². The molecule has 0 saturated carbocycles. The van der Waals surface area contributed by atoms with E-state index in [4.69, 9.17) is 9.72 Å². The van der Waals surface area contributed by atoms with Gasteiger partial charge in [-0.15, -0.1) is 0 Å². The molecule has 0 radical (unpaired) electrons. The molecule has 0 unspecified atom stereocenters. The highest BCUT2D eigenvalue weighted by Gasteiger charge is 2.35. The van der Waals surface area contributed by atoms with Gasteiger partial charge in [0.25, 0.3) is 0 Å². The van der Waals surface area contributed by atoms with Crippen molar-refractivity contribution >= 4 is 76.5 Å². The third kappa shape index (κ3) is 4.18. The fourth-order valence-corrected chi connectivity index (χ4v) is 9.89. The molecule has 0 fully saturated rings. The molecule has 0 N–H and O–H groups in total. The highest BCUT2D eigenvalue weighted by molar-refractivity contribution is 6.14. The Hall–Kier alpha value is -7.57. The summed E-state index contributed by atoms with van der Waals surface area (Å²) in [5.74, 6) is 0. The lowest BCUT2D eigenvalue weighted by molar-refractivity contribution is 0.0847. The van der Waals surface area contributed by atoms with Crippen LogP contribution in [-0.2, 0) is 5.60 Å². The van der Waals surface area contributed by atoms with Crippen LogP contribution in [0.25, 0.3) is 99.2 Å². The molecule has 0 bridgehead atoms. The molecular formula is C52H35N5O. The molecule has 0 aliphatic carbocycles. The van der Waals surface area contributed by atoms with E-state index in [0.717, 1.165) is 50.4 Å². The quantitative estimate of drug-likeness (QED) is 0.181. The highest BCUT2D eigenvalue weighted by Crippen LogP contribution is 2.44. The average molecular weight is 746 g/mol. The summed E-state index contributed by atoms with van der Waals surface area (Å²) in [6.07, 6.45) is 0. The van der Waals surface area contributed by atoms with Gasteiger partial charge in [-0.2, -0.15) is 4.98 Å². The lowest BCUT2D eigenvalue weighted by atomic mass is 9.94. The fourth-order valence-electron chi connectivity index (χ4n) is 9.89. The topological polar surface area (TPSA) is 41.8 Å². The second-order valence-electron chi connectivity index (χ2n) is 16.0. The van der Waals surface area contributed by atoms with Gasteiger partial charge in [0.2, 0.25) is 0 Å². The summed E-state index contributed by atoms with van der Waals surface area (Å²) in [4.78, 5) is 4.87. The third-order valence-corrected chi connectivity index (χ3v) is 12.4. The Morgan fingerprint density at radius 2 is 0.776 bits per heavy atom. The van der Waals surface area contributed by atoms with E-state index in [2.05, 4.69) is 196 Å². The van der Waals surface area contributed by atoms with Gasteiger partial charge in [-0.1, -0.05) is 84.9 Å². The van der Waals surface area contributed by atoms with Crippen LogP contribution in [0.5, 0.6) is 6.01 Å². The van der Waals surface area contributed by atoms with E-state index in [1.165, 1.54) is 54.4 Å². The van der Waals surface area contributed by atoms with Crippen LogP contribution in [0, 0.1) is 0 Å². The molecule has 12 aromatic rings. The van der Waals surface area contributed by atoms with Crippen LogP contribution in [0.2, 0.25) is 0 Å². The van der Waals surface area contributed by atoms with Gasteiger partial charge in [0, 0.05) is 54.9 Å². The smallest absolute Gasteiger partial charge is 0.303 e. The van der Waals surface area contributed by atoms with Crippen LogP contribution in [0.3, 0.4) is 0 Å². The van der Waals surface area contributed by atoms with Crippen molar-refractivity contribution in [3.8, 4) is 28.8 Å². The normalized spacial score (nSPS) is 13.6. The van der Waals surface area contributed by atoms with E-state index in [-0.39, 0.29) is 0 Å². The third-order valence-electron chi connectivity index (χ3n) is 12.4. The Labute approximate surface area is 333 Å². The zero-order valence-corrected chi connectivity index (χ0v) is 31.9. The second kappa shape index (κ2) is 11.3. The minimum atomic E-state index is -0.602. The Morgan fingerprint density at radius 1 is 0.379 bits per heavy atom. The van der Waals surface area contributed by atoms with E-state index in [1.807, 2.05) is 12.1 Å². The number of hydrogen-bond donors (Lipinski definition) is 0. The number of ether oxygens (including phenoxy) is 1. The van der Waals surface area contributed by atoms with E-state index >= 15 is 0 Å². The lowest BCUT2D eigenvalue weighted by Gasteiger charge is -2.34. The number of hydrogen-bond acceptors (Lipinski definition) is 2. The lowest BCUT2D eigenvalue weighted by Crippen LogP contribution is -2.32. The Balaban J connectivity index is 1.10. The molecule has 58 heavy (non-hydrogen) atoms. The number of imidazole rings is 1. The molecule has 1 aliphatic heterocycles. The van der Waals surface area contributed by atoms with Crippen molar-refractivity contribution < 1.29 is 4.74 Å². The van der Waals surface area contributed by atoms with Gasteiger partial charge in [0.15, 0.2) is 0 Å². The molecule has 6 heteroatoms. The fraction of sp³-hybridized carbons (Fsp3) is 0.0577. The van der Waals surface area contributed by atoms with Crippen LogP contribution < -0.4 is 4.74 Å². The molecule has 4 aromatic heterocycles. The van der Waals surface area contributed by atoms with E-state index in [0.29, 0.717) is 6.01 Å². The van der Waals surface area contributed by atoms with Gasteiger partial charge in [0.05, 0.1) is 49.8 Å². The minimum Gasteiger partial charge on any atom is -0.453 e. The first-order valence-electron chi connectivity index (χ1n) is 19.9. The first-order valence-corrected chi connectivity index (χ1v) is 19.9. The summed E-state index contributed by atoms with van der Waals surface area (Å²) in [6.45, 7) is 4.28.